The summed E-state index contributed by atoms with van der Waals surface area (Å²) in [4.78, 5) is 12.0. The van der Waals surface area contributed by atoms with Crippen LogP contribution >= 0.6 is 0 Å². The number of nitrogens with zero attached hydrogens (tertiary/aromatic N) is 2. The van der Waals surface area contributed by atoms with E-state index in [0.29, 0.717) is 23.5 Å². The molecule has 1 N–H and O–H groups in total. The summed E-state index contributed by atoms with van der Waals surface area (Å²) in [6.45, 7) is 1.41. The van der Waals surface area contributed by atoms with Gasteiger partial charge in [-0.05, 0) is 43.7 Å². The number of nitrogens with one attached hydrogen (secondary N) is 1. The maximum atomic E-state index is 12.1. The van der Waals surface area contributed by atoms with Crippen molar-refractivity contribution in [2.45, 2.75) is 27.0 Å². The Morgan fingerprint density at radius 3 is 2.76 bits per heavy atom. The number of ether oxygens (including phenoxy) is 1. The van der Waals surface area contributed by atoms with Crippen molar-refractivity contribution in [3.8, 4) is 5.75 Å². The molecule has 0 saturated carbocycles. The molecule has 0 fully saturated rings. The summed E-state index contributed by atoms with van der Waals surface area (Å²) in [5, 5.41) is 6.78. The summed E-state index contributed by atoms with van der Waals surface area (Å²) in [5.74, 6) is -0.302. The minimum absolute atomic E-state index is 0.0516. The number of hydrogen-bond acceptors (Lipinski definition) is 3. The van der Waals surface area contributed by atoms with Gasteiger partial charge in [-0.3, -0.25) is 9.48 Å². The third-order valence-electron chi connectivity index (χ3n) is 2.87. The van der Waals surface area contributed by atoms with Crippen molar-refractivity contribution in [3.63, 3.8) is 0 Å². The van der Waals surface area contributed by atoms with Gasteiger partial charge in [0, 0.05) is 18.4 Å². The van der Waals surface area contributed by atoms with E-state index in [4.69, 9.17) is 0 Å². The highest BCUT2D eigenvalue weighted by molar-refractivity contribution is 6.03. The number of alkyl halides is 2. The molecular formula is C14H15F2N3O2. The molecule has 7 heteroatoms. The van der Waals surface area contributed by atoms with Gasteiger partial charge in [-0.2, -0.15) is 13.9 Å². The molecular weight excluding hydrogens is 280 g/mol. The van der Waals surface area contributed by atoms with E-state index >= 15 is 0 Å². The van der Waals surface area contributed by atoms with Crippen LogP contribution in [-0.2, 0) is 6.54 Å². The van der Waals surface area contributed by atoms with Gasteiger partial charge in [-0.1, -0.05) is 0 Å². The Kier molecular flexibility index (Phi) is 4.52. The smallest absolute Gasteiger partial charge is 0.387 e. The first kappa shape index (κ1) is 15.0. The number of benzene rings is 1. The van der Waals surface area contributed by atoms with E-state index in [9.17, 15) is 13.6 Å². The van der Waals surface area contributed by atoms with Crippen LogP contribution in [0.4, 0.5) is 14.5 Å². The van der Waals surface area contributed by atoms with Crippen LogP contribution in [0.1, 0.15) is 23.0 Å². The number of carbonyl (C=O) groups excluding carboxylic acids is 1. The third kappa shape index (κ3) is 3.77. The van der Waals surface area contributed by atoms with Crippen molar-refractivity contribution in [3.05, 3.63) is 41.7 Å². The summed E-state index contributed by atoms with van der Waals surface area (Å²) in [5.41, 5.74) is 1.44. The van der Waals surface area contributed by atoms with Gasteiger partial charge in [-0.15, -0.1) is 0 Å². The molecule has 0 aliphatic carbocycles. The molecule has 5 nitrogen and oxygen atoms in total. The molecule has 0 bridgehead atoms. The van der Waals surface area contributed by atoms with Crippen LogP contribution in [0.5, 0.6) is 5.75 Å². The van der Waals surface area contributed by atoms with Crippen LogP contribution < -0.4 is 10.1 Å². The lowest BCUT2D eigenvalue weighted by Gasteiger charge is -2.10. The van der Waals surface area contributed by atoms with E-state index in [1.807, 2.05) is 6.92 Å². The van der Waals surface area contributed by atoms with Crippen LogP contribution in [0, 0.1) is 6.92 Å². The molecule has 0 atom stereocenters. The van der Waals surface area contributed by atoms with Crippen LogP contribution in [0.3, 0.4) is 0 Å². The van der Waals surface area contributed by atoms with Gasteiger partial charge < -0.3 is 10.1 Å². The van der Waals surface area contributed by atoms with Gasteiger partial charge in [0.1, 0.15) is 5.75 Å². The Labute approximate surface area is 120 Å². The number of rotatable bonds is 5. The number of halogens is 2. The van der Waals surface area contributed by atoms with Gasteiger partial charge in [0.05, 0.1) is 0 Å². The molecule has 112 valence electrons. The lowest BCUT2D eigenvalue weighted by Crippen LogP contribution is -2.14. The maximum Gasteiger partial charge on any atom is 0.387 e. The first-order chi connectivity index (χ1) is 9.99. The van der Waals surface area contributed by atoms with Crippen LogP contribution in [0.2, 0.25) is 0 Å². The van der Waals surface area contributed by atoms with E-state index in [-0.39, 0.29) is 11.7 Å². The lowest BCUT2D eigenvalue weighted by molar-refractivity contribution is -0.0498. The normalized spacial score (nSPS) is 10.7. The van der Waals surface area contributed by atoms with Crippen molar-refractivity contribution in [1.29, 1.82) is 0 Å². The van der Waals surface area contributed by atoms with E-state index in [1.165, 1.54) is 18.2 Å². The molecule has 0 radical (unpaired) electrons. The summed E-state index contributed by atoms with van der Waals surface area (Å²) < 4.78 is 30.2. The number of anilines is 1. The molecule has 0 aliphatic heterocycles. The minimum atomic E-state index is -2.87. The van der Waals surface area contributed by atoms with E-state index in [0.717, 1.165) is 0 Å². The van der Waals surface area contributed by atoms with Crippen LogP contribution in [0.25, 0.3) is 0 Å². The maximum absolute atomic E-state index is 12.1. The Hall–Kier alpha value is -2.44. The zero-order chi connectivity index (χ0) is 15.4. The summed E-state index contributed by atoms with van der Waals surface area (Å²) in [6, 6.07) is 5.94. The number of hydrogen-bond donors (Lipinski definition) is 1. The molecule has 2 aromatic rings. The lowest BCUT2D eigenvalue weighted by atomic mass is 10.2. The van der Waals surface area contributed by atoms with Gasteiger partial charge in [-0.25, -0.2) is 0 Å². The largest absolute Gasteiger partial charge is 0.435 e. The fourth-order valence-electron chi connectivity index (χ4n) is 1.80. The Morgan fingerprint density at radius 1 is 1.43 bits per heavy atom. The SMILES string of the molecule is CCn1ccc(C(=O)Nc2ccc(OC(F)F)cc2C)n1. The minimum Gasteiger partial charge on any atom is -0.435 e. The Bertz CT molecular complexity index is 641. The quantitative estimate of drug-likeness (QED) is 0.922. The molecule has 0 spiro atoms. The highest BCUT2D eigenvalue weighted by atomic mass is 19.3. The van der Waals surface area contributed by atoms with Crippen molar-refractivity contribution < 1.29 is 18.3 Å². The second-order valence-corrected chi connectivity index (χ2v) is 4.37. The molecule has 1 aromatic carbocycles. The van der Waals surface area contributed by atoms with Crippen LogP contribution in [-0.4, -0.2) is 22.3 Å². The summed E-state index contributed by atoms with van der Waals surface area (Å²) in [6.07, 6.45) is 1.71. The van der Waals surface area contributed by atoms with E-state index in [1.54, 1.807) is 23.9 Å². The number of aryl methyl sites for hydroxylation is 2. The zero-order valence-corrected chi connectivity index (χ0v) is 11.6. The predicted molar refractivity (Wildman–Crippen MR) is 73.7 cm³/mol. The van der Waals surface area contributed by atoms with Crippen molar-refractivity contribution in [2.75, 3.05) is 5.32 Å². The average molecular weight is 295 g/mol. The van der Waals surface area contributed by atoms with Gasteiger partial charge in [0.2, 0.25) is 0 Å². The molecule has 1 amide bonds. The number of amides is 1. The summed E-state index contributed by atoms with van der Waals surface area (Å²) >= 11 is 0. The first-order valence-electron chi connectivity index (χ1n) is 6.40. The van der Waals surface area contributed by atoms with Crippen molar-refractivity contribution >= 4 is 11.6 Å². The second-order valence-electron chi connectivity index (χ2n) is 4.37. The fraction of sp³-hybridized carbons (Fsp3) is 0.286. The fourth-order valence-corrected chi connectivity index (χ4v) is 1.80. The van der Waals surface area contributed by atoms with E-state index < -0.39 is 6.61 Å². The van der Waals surface area contributed by atoms with Crippen molar-refractivity contribution in [2.24, 2.45) is 0 Å². The van der Waals surface area contributed by atoms with Crippen LogP contribution in [0.15, 0.2) is 30.5 Å². The van der Waals surface area contributed by atoms with Gasteiger partial charge in [0.15, 0.2) is 5.69 Å². The Morgan fingerprint density at radius 2 is 2.19 bits per heavy atom. The highest BCUT2D eigenvalue weighted by Crippen LogP contribution is 2.23. The highest BCUT2D eigenvalue weighted by Gasteiger charge is 2.12. The second kappa shape index (κ2) is 6.34. The molecule has 1 aromatic heterocycles. The predicted octanol–water partition coefficient (Wildman–Crippen LogP) is 3.07. The number of carbonyl (C=O) groups is 1. The third-order valence-corrected chi connectivity index (χ3v) is 2.87. The number of aromatic nitrogens is 2. The topological polar surface area (TPSA) is 56.2 Å². The average Bonchev–Trinajstić information content (AvgIpc) is 2.90. The first-order valence-corrected chi connectivity index (χ1v) is 6.40. The molecule has 0 unspecified atom stereocenters. The summed E-state index contributed by atoms with van der Waals surface area (Å²) in [7, 11) is 0. The molecule has 2 rings (SSSR count). The zero-order valence-electron chi connectivity index (χ0n) is 11.6. The standard InChI is InChI=1S/C14H15F2N3O2/c1-3-19-7-6-12(18-19)13(20)17-11-5-4-10(8-9(11)2)21-14(15)16/h4-8,14H,3H2,1-2H3,(H,17,20). The monoisotopic (exact) mass is 295 g/mol. The molecule has 1 heterocycles. The van der Waals surface area contributed by atoms with Crippen molar-refractivity contribution in [1.82, 2.24) is 9.78 Å². The van der Waals surface area contributed by atoms with Gasteiger partial charge in [0.25, 0.3) is 5.91 Å². The molecule has 21 heavy (non-hydrogen) atoms. The Balaban J connectivity index is 2.10. The van der Waals surface area contributed by atoms with E-state index in [2.05, 4.69) is 15.2 Å². The molecule has 0 saturated heterocycles. The van der Waals surface area contributed by atoms with Gasteiger partial charge >= 0.3 is 6.61 Å². The molecule has 0 aliphatic rings.